The molecular formula is C19H22O3. The van der Waals surface area contributed by atoms with Crippen molar-refractivity contribution in [3.63, 3.8) is 0 Å². The minimum Gasteiger partial charge on any atom is -0.478 e. The zero-order chi connectivity index (χ0) is 16.1. The lowest BCUT2D eigenvalue weighted by Crippen LogP contribution is -2.36. The lowest BCUT2D eigenvalue weighted by Gasteiger charge is -2.27. The van der Waals surface area contributed by atoms with Crippen LogP contribution in [0, 0.1) is 5.41 Å². The molecule has 1 atom stereocenters. The molecule has 0 saturated heterocycles. The molecule has 0 saturated carbocycles. The first-order valence-electron chi connectivity index (χ1n) is 7.81. The summed E-state index contributed by atoms with van der Waals surface area (Å²) in [7, 11) is 0. The molecule has 0 unspecified atom stereocenters. The van der Waals surface area contributed by atoms with Crippen molar-refractivity contribution in [1.82, 2.24) is 0 Å². The third-order valence-electron chi connectivity index (χ3n) is 4.81. The summed E-state index contributed by atoms with van der Waals surface area (Å²) in [6.07, 6.45) is 9.50. The van der Waals surface area contributed by atoms with E-state index in [-0.39, 0.29) is 17.0 Å². The van der Waals surface area contributed by atoms with Crippen LogP contribution < -0.4 is 0 Å². The second kappa shape index (κ2) is 4.80. The van der Waals surface area contributed by atoms with E-state index in [9.17, 15) is 9.59 Å². The Morgan fingerprint density at radius 1 is 1.18 bits per heavy atom. The number of ether oxygens (including phenoxy) is 1. The largest absolute Gasteiger partial charge is 0.478 e. The Bertz CT molecular complexity index is 685. The number of carbonyl (C=O) groups excluding carboxylic acids is 2. The van der Waals surface area contributed by atoms with Crippen molar-refractivity contribution in [2.75, 3.05) is 0 Å². The zero-order valence-corrected chi connectivity index (χ0v) is 13.7. The smallest absolute Gasteiger partial charge is 0.210 e. The van der Waals surface area contributed by atoms with Gasteiger partial charge in [0.15, 0.2) is 11.4 Å². The number of ketones is 2. The molecule has 1 aliphatic carbocycles. The predicted octanol–water partition coefficient (Wildman–Crippen LogP) is 3.82. The van der Waals surface area contributed by atoms with Crippen LogP contribution in [0.2, 0.25) is 0 Å². The molecule has 0 N–H and O–H groups in total. The molecule has 116 valence electrons. The highest BCUT2D eigenvalue weighted by molar-refractivity contribution is 6.08. The maximum absolute atomic E-state index is 12.8. The number of rotatable bonds is 0. The molecule has 0 aromatic rings. The Morgan fingerprint density at radius 3 is 2.64 bits per heavy atom. The first-order chi connectivity index (χ1) is 10.3. The van der Waals surface area contributed by atoms with Crippen molar-refractivity contribution in [1.29, 1.82) is 0 Å². The molecule has 2 aliphatic heterocycles. The molecule has 0 fully saturated rings. The van der Waals surface area contributed by atoms with Gasteiger partial charge in [-0.3, -0.25) is 9.59 Å². The second-order valence-electron chi connectivity index (χ2n) is 7.19. The maximum Gasteiger partial charge on any atom is 0.210 e. The summed E-state index contributed by atoms with van der Waals surface area (Å²) >= 11 is 0. The van der Waals surface area contributed by atoms with E-state index in [0.29, 0.717) is 18.4 Å². The third kappa shape index (κ3) is 2.20. The lowest BCUT2D eigenvalue weighted by molar-refractivity contribution is -0.127. The molecule has 1 spiro atoms. The Labute approximate surface area is 131 Å². The quantitative estimate of drug-likeness (QED) is 0.683. The van der Waals surface area contributed by atoms with E-state index in [1.54, 1.807) is 13.0 Å². The van der Waals surface area contributed by atoms with Crippen LogP contribution in [0.5, 0.6) is 0 Å². The van der Waals surface area contributed by atoms with Gasteiger partial charge in [0, 0.05) is 18.4 Å². The monoisotopic (exact) mass is 298 g/mol. The van der Waals surface area contributed by atoms with Crippen LogP contribution in [0.1, 0.15) is 47.0 Å². The second-order valence-corrected chi connectivity index (χ2v) is 7.19. The molecule has 2 bridgehead atoms. The molecule has 22 heavy (non-hydrogen) atoms. The van der Waals surface area contributed by atoms with E-state index in [2.05, 4.69) is 13.8 Å². The topological polar surface area (TPSA) is 43.4 Å². The fourth-order valence-electron chi connectivity index (χ4n) is 3.41. The minimum absolute atomic E-state index is 0.00745. The number of hydrogen-bond acceptors (Lipinski definition) is 3. The molecule has 2 heterocycles. The van der Waals surface area contributed by atoms with E-state index in [1.807, 2.05) is 25.2 Å². The van der Waals surface area contributed by atoms with Crippen molar-refractivity contribution in [3.8, 4) is 0 Å². The van der Waals surface area contributed by atoms with Crippen LogP contribution in [0.25, 0.3) is 0 Å². The van der Waals surface area contributed by atoms with Crippen molar-refractivity contribution in [3.05, 3.63) is 46.8 Å². The van der Waals surface area contributed by atoms with Gasteiger partial charge in [-0.05, 0) is 49.0 Å². The molecule has 0 aromatic heterocycles. The number of Topliss-reactive ketones (excluding diaryl/α,β-unsaturated/α-hetero) is 1. The average molecular weight is 298 g/mol. The van der Waals surface area contributed by atoms with Crippen molar-refractivity contribution >= 4 is 11.6 Å². The van der Waals surface area contributed by atoms with E-state index >= 15 is 0 Å². The molecule has 3 aliphatic rings. The van der Waals surface area contributed by atoms with Crippen LogP contribution in [0.15, 0.2) is 46.8 Å². The molecular weight excluding hydrogens is 276 g/mol. The van der Waals surface area contributed by atoms with Gasteiger partial charge in [-0.1, -0.05) is 26.0 Å². The highest BCUT2D eigenvalue weighted by Gasteiger charge is 2.52. The van der Waals surface area contributed by atoms with Crippen molar-refractivity contribution in [2.24, 2.45) is 5.41 Å². The summed E-state index contributed by atoms with van der Waals surface area (Å²) in [5.74, 6) is 0.822. The summed E-state index contributed by atoms with van der Waals surface area (Å²) in [4.78, 5) is 25.1. The summed E-state index contributed by atoms with van der Waals surface area (Å²) in [6, 6.07) is 0. The minimum atomic E-state index is -0.888. The van der Waals surface area contributed by atoms with Crippen molar-refractivity contribution in [2.45, 2.75) is 52.6 Å². The molecule has 3 nitrogen and oxygen atoms in total. The fourth-order valence-corrected chi connectivity index (χ4v) is 3.41. The van der Waals surface area contributed by atoms with Crippen LogP contribution in [-0.2, 0) is 14.3 Å². The van der Waals surface area contributed by atoms with Gasteiger partial charge in [-0.2, -0.15) is 0 Å². The van der Waals surface area contributed by atoms with Crippen LogP contribution in [0.3, 0.4) is 0 Å². The standard InChI is InChI=1S/C19H22O3/c1-12-10-14-6-5-8-19(14)17(21)13(2)16(22-19)11-18(3,4)9-7-15(12)20/h6-7,9-10H,5,8,11H2,1-4H3/b9-7+,12-10-/t19-/m1/s1. The normalized spacial score (nSPS) is 34.4. The summed E-state index contributed by atoms with van der Waals surface area (Å²) < 4.78 is 6.22. The van der Waals surface area contributed by atoms with Gasteiger partial charge in [0.05, 0.1) is 0 Å². The molecule has 0 amide bonds. The number of fused-ring (bicyclic) bond motifs is 1. The van der Waals surface area contributed by atoms with E-state index in [1.165, 1.54) is 0 Å². The highest BCUT2D eigenvalue weighted by atomic mass is 16.5. The maximum atomic E-state index is 12.8. The van der Waals surface area contributed by atoms with Crippen molar-refractivity contribution < 1.29 is 14.3 Å². The van der Waals surface area contributed by atoms with E-state index in [4.69, 9.17) is 4.74 Å². The zero-order valence-electron chi connectivity index (χ0n) is 13.7. The Morgan fingerprint density at radius 2 is 1.91 bits per heavy atom. The lowest BCUT2D eigenvalue weighted by atomic mass is 9.84. The molecule has 3 heteroatoms. The SMILES string of the molecule is CC1=C2CC(C)(C)/C=C/C(=O)/C(C)=C\C3=CCC[C@]3(O2)C1=O. The van der Waals surface area contributed by atoms with Gasteiger partial charge < -0.3 is 4.74 Å². The molecule has 0 aromatic carbocycles. The Kier molecular flexibility index (Phi) is 3.28. The van der Waals surface area contributed by atoms with Gasteiger partial charge in [-0.25, -0.2) is 0 Å². The fraction of sp³-hybridized carbons (Fsp3) is 0.474. The number of carbonyl (C=O) groups is 2. The van der Waals surface area contributed by atoms with Gasteiger partial charge in [0.1, 0.15) is 5.76 Å². The number of hydrogen-bond donors (Lipinski definition) is 0. The first kappa shape index (κ1) is 15.0. The highest BCUT2D eigenvalue weighted by Crippen LogP contribution is 2.47. The van der Waals surface area contributed by atoms with Crippen LogP contribution >= 0.6 is 0 Å². The third-order valence-corrected chi connectivity index (χ3v) is 4.81. The predicted molar refractivity (Wildman–Crippen MR) is 85.1 cm³/mol. The van der Waals surface area contributed by atoms with Gasteiger partial charge in [0.25, 0.3) is 0 Å². The van der Waals surface area contributed by atoms with Crippen LogP contribution in [0.4, 0.5) is 0 Å². The Balaban J connectivity index is 2.16. The molecule has 3 rings (SSSR count). The first-order valence-corrected chi connectivity index (χ1v) is 7.81. The molecule has 0 radical (unpaired) electrons. The van der Waals surface area contributed by atoms with E-state index in [0.717, 1.165) is 23.3 Å². The Hall–Kier alpha value is -1.90. The van der Waals surface area contributed by atoms with E-state index < -0.39 is 5.60 Å². The van der Waals surface area contributed by atoms with Gasteiger partial charge >= 0.3 is 0 Å². The summed E-state index contributed by atoms with van der Waals surface area (Å²) in [6.45, 7) is 7.76. The number of allylic oxidation sites excluding steroid dienone is 5. The summed E-state index contributed by atoms with van der Waals surface area (Å²) in [5.41, 5.74) is 1.09. The van der Waals surface area contributed by atoms with Crippen LogP contribution in [-0.4, -0.2) is 17.2 Å². The summed E-state index contributed by atoms with van der Waals surface area (Å²) in [5, 5.41) is 0. The van der Waals surface area contributed by atoms with Gasteiger partial charge in [0.2, 0.25) is 5.78 Å². The van der Waals surface area contributed by atoms with Gasteiger partial charge in [-0.15, -0.1) is 0 Å². The average Bonchev–Trinajstić information content (AvgIpc) is 2.94.